The van der Waals surface area contributed by atoms with Gasteiger partial charge in [0.15, 0.2) is 11.6 Å². The predicted molar refractivity (Wildman–Crippen MR) is 59.6 cm³/mol. The quantitative estimate of drug-likeness (QED) is 0.861. The van der Waals surface area contributed by atoms with Crippen molar-refractivity contribution in [2.45, 2.75) is 32.8 Å². The van der Waals surface area contributed by atoms with Gasteiger partial charge in [-0.1, -0.05) is 6.92 Å². The molecule has 0 spiro atoms. The molecule has 1 aromatic carbocycles. The zero-order chi connectivity index (χ0) is 12.3. The van der Waals surface area contributed by atoms with E-state index in [4.69, 9.17) is 10.5 Å². The lowest BCUT2D eigenvalue weighted by Crippen LogP contribution is -2.14. The van der Waals surface area contributed by atoms with E-state index in [1.165, 1.54) is 0 Å². The van der Waals surface area contributed by atoms with Gasteiger partial charge in [0.1, 0.15) is 5.75 Å². The number of benzene rings is 1. The third kappa shape index (κ3) is 2.92. The van der Waals surface area contributed by atoms with Crippen LogP contribution in [0.2, 0.25) is 0 Å². The molecule has 0 aliphatic heterocycles. The molecule has 0 amide bonds. The molecular weight excluding hydrogens is 212 g/mol. The Morgan fingerprint density at radius 3 is 2.25 bits per heavy atom. The maximum atomic E-state index is 13.1. The first-order valence-electron chi connectivity index (χ1n) is 5.31. The second kappa shape index (κ2) is 5.25. The van der Waals surface area contributed by atoms with E-state index in [9.17, 15) is 8.78 Å². The Labute approximate surface area is 94.4 Å². The molecule has 0 radical (unpaired) electrons. The highest BCUT2D eigenvalue weighted by atomic mass is 19.2. The van der Waals surface area contributed by atoms with E-state index in [0.717, 1.165) is 12.1 Å². The van der Waals surface area contributed by atoms with Gasteiger partial charge >= 0.3 is 0 Å². The SMILES string of the molecule is CC(C)Oc1cc(F)c(F)cc1C(C)CN. The summed E-state index contributed by atoms with van der Waals surface area (Å²) < 4.78 is 31.7. The van der Waals surface area contributed by atoms with Gasteiger partial charge in [0.2, 0.25) is 0 Å². The van der Waals surface area contributed by atoms with Crippen LogP contribution in [0.3, 0.4) is 0 Å². The molecule has 0 bridgehead atoms. The fraction of sp³-hybridized carbons (Fsp3) is 0.500. The van der Waals surface area contributed by atoms with E-state index in [0.29, 0.717) is 17.9 Å². The summed E-state index contributed by atoms with van der Waals surface area (Å²) in [5.41, 5.74) is 6.13. The lowest BCUT2D eigenvalue weighted by atomic mass is 10.00. The average Bonchev–Trinajstić information content (AvgIpc) is 2.21. The summed E-state index contributed by atoms with van der Waals surface area (Å²) in [5.74, 6) is -1.47. The lowest BCUT2D eigenvalue weighted by molar-refractivity contribution is 0.237. The van der Waals surface area contributed by atoms with Crippen molar-refractivity contribution < 1.29 is 13.5 Å². The van der Waals surface area contributed by atoms with Crippen molar-refractivity contribution in [2.75, 3.05) is 6.54 Å². The summed E-state index contributed by atoms with van der Waals surface area (Å²) in [4.78, 5) is 0. The van der Waals surface area contributed by atoms with Gasteiger partial charge in [0.25, 0.3) is 0 Å². The molecule has 4 heteroatoms. The molecule has 1 atom stereocenters. The third-order valence-electron chi connectivity index (χ3n) is 2.30. The molecule has 90 valence electrons. The van der Waals surface area contributed by atoms with E-state index >= 15 is 0 Å². The monoisotopic (exact) mass is 229 g/mol. The standard InChI is InChI=1S/C12H17F2NO/c1-7(2)16-12-5-11(14)10(13)4-9(12)8(3)6-15/h4-5,7-8H,6,15H2,1-3H3. The first kappa shape index (κ1) is 12.9. The minimum atomic E-state index is -0.899. The van der Waals surface area contributed by atoms with E-state index in [1.807, 2.05) is 20.8 Å². The van der Waals surface area contributed by atoms with E-state index in [-0.39, 0.29) is 12.0 Å². The van der Waals surface area contributed by atoms with E-state index in [1.54, 1.807) is 0 Å². The average molecular weight is 229 g/mol. The molecule has 1 aromatic rings. The number of hydrogen-bond acceptors (Lipinski definition) is 2. The molecule has 0 heterocycles. The Balaban J connectivity index is 3.16. The number of halogens is 2. The fourth-order valence-electron chi connectivity index (χ4n) is 1.41. The fourth-order valence-corrected chi connectivity index (χ4v) is 1.41. The Hall–Kier alpha value is -1.16. The Bertz CT molecular complexity index is 366. The molecule has 0 aliphatic carbocycles. The number of hydrogen-bond donors (Lipinski definition) is 1. The van der Waals surface area contributed by atoms with Crippen molar-refractivity contribution >= 4 is 0 Å². The van der Waals surface area contributed by atoms with Crippen LogP contribution in [0.1, 0.15) is 32.3 Å². The van der Waals surface area contributed by atoms with Crippen LogP contribution in [0.5, 0.6) is 5.75 Å². The minimum Gasteiger partial charge on any atom is -0.491 e. The van der Waals surface area contributed by atoms with Crippen LogP contribution in [0.25, 0.3) is 0 Å². The van der Waals surface area contributed by atoms with Crippen molar-refractivity contribution in [1.29, 1.82) is 0 Å². The molecule has 2 nitrogen and oxygen atoms in total. The number of nitrogens with two attached hydrogens (primary N) is 1. The summed E-state index contributed by atoms with van der Waals surface area (Å²) in [6, 6.07) is 2.24. The molecule has 0 saturated carbocycles. The Kier molecular flexibility index (Phi) is 4.24. The van der Waals surface area contributed by atoms with Crippen LogP contribution >= 0.6 is 0 Å². The maximum Gasteiger partial charge on any atom is 0.162 e. The summed E-state index contributed by atoms with van der Waals surface area (Å²) in [5, 5.41) is 0. The molecule has 1 rings (SSSR count). The summed E-state index contributed by atoms with van der Waals surface area (Å²) in [6.45, 7) is 5.87. The summed E-state index contributed by atoms with van der Waals surface area (Å²) in [7, 11) is 0. The molecule has 0 aliphatic rings. The highest BCUT2D eigenvalue weighted by Gasteiger charge is 2.16. The zero-order valence-corrected chi connectivity index (χ0v) is 9.76. The highest BCUT2D eigenvalue weighted by molar-refractivity contribution is 5.37. The number of rotatable bonds is 4. The van der Waals surface area contributed by atoms with Crippen LogP contribution < -0.4 is 10.5 Å². The molecule has 0 aromatic heterocycles. The van der Waals surface area contributed by atoms with Crippen molar-refractivity contribution in [3.63, 3.8) is 0 Å². The van der Waals surface area contributed by atoms with Gasteiger partial charge in [-0.15, -0.1) is 0 Å². The topological polar surface area (TPSA) is 35.2 Å². The maximum absolute atomic E-state index is 13.1. The first-order chi connectivity index (χ1) is 7.45. The van der Waals surface area contributed by atoms with Gasteiger partial charge in [0.05, 0.1) is 6.10 Å². The minimum absolute atomic E-state index is 0.0659. The lowest BCUT2D eigenvalue weighted by Gasteiger charge is -2.18. The molecule has 1 unspecified atom stereocenters. The van der Waals surface area contributed by atoms with Crippen molar-refractivity contribution in [2.24, 2.45) is 5.73 Å². The van der Waals surface area contributed by atoms with Gasteiger partial charge in [-0.05, 0) is 32.4 Å². The largest absolute Gasteiger partial charge is 0.491 e. The first-order valence-corrected chi connectivity index (χ1v) is 5.31. The second-order valence-corrected chi connectivity index (χ2v) is 4.11. The molecule has 0 fully saturated rings. The Morgan fingerprint density at radius 2 is 1.75 bits per heavy atom. The summed E-state index contributed by atoms with van der Waals surface area (Å²) in [6.07, 6.45) is -0.0893. The van der Waals surface area contributed by atoms with Crippen LogP contribution in [-0.4, -0.2) is 12.6 Å². The molecule has 2 N–H and O–H groups in total. The number of ether oxygens (including phenoxy) is 1. The van der Waals surface area contributed by atoms with Crippen LogP contribution in [-0.2, 0) is 0 Å². The van der Waals surface area contributed by atoms with Crippen molar-refractivity contribution in [3.05, 3.63) is 29.3 Å². The Morgan fingerprint density at radius 1 is 1.19 bits per heavy atom. The predicted octanol–water partition coefficient (Wildman–Crippen LogP) is 2.81. The van der Waals surface area contributed by atoms with Crippen molar-refractivity contribution in [1.82, 2.24) is 0 Å². The normalized spacial score (nSPS) is 12.9. The summed E-state index contributed by atoms with van der Waals surface area (Å²) >= 11 is 0. The van der Waals surface area contributed by atoms with Crippen molar-refractivity contribution in [3.8, 4) is 5.75 Å². The van der Waals surface area contributed by atoms with Crippen LogP contribution in [0.15, 0.2) is 12.1 Å². The van der Waals surface area contributed by atoms with E-state index in [2.05, 4.69) is 0 Å². The van der Waals surface area contributed by atoms with E-state index < -0.39 is 11.6 Å². The van der Waals surface area contributed by atoms with Crippen LogP contribution in [0, 0.1) is 11.6 Å². The second-order valence-electron chi connectivity index (χ2n) is 4.11. The van der Waals surface area contributed by atoms with Crippen LogP contribution in [0.4, 0.5) is 8.78 Å². The highest BCUT2D eigenvalue weighted by Crippen LogP contribution is 2.29. The molecule has 16 heavy (non-hydrogen) atoms. The third-order valence-corrected chi connectivity index (χ3v) is 2.30. The zero-order valence-electron chi connectivity index (χ0n) is 9.76. The van der Waals surface area contributed by atoms with Gasteiger partial charge in [-0.25, -0.2) is 8.78 Å². The van der Waals surface area contributed by atoms with Gasteiger partial charge < -0.3 is 10.5 Å². The van der Waals surface area contributed by atoms with Gasteiger partial charge in [0, 0.05) is 11.6 Å². The molecular formula is C12H17F2NO. The smallest absolute Gasteiger partial charge is 0.162 e. The van der Waals surface area contributed by atoms with Gasteiger partial charge in [-0.3, -0.25) is 0 Å². The molecule has 0 saturated heterocycles. The van der Waals surface area contributed by atoms with Gasteiger partial charge in [-0.2, -0.15) is 0 Å².